The molecule has 2 aromatic carbocycles. The first-order valence-electron chi connectivity index (χ1n) is 7.38. The smallest absolute Gasteiger partial charge is 0.255 e. The largest absolute Gasteiger partial charge is 0.332 e. The molecule has 2 amide bonds. The maximum Gasteiger partial charge on any atom is 0.255 e. The maximum atomic E-state index is 12.6. The van der Waals surface area contributed by atoms with E-state index in [0.717, 1.165) is 15.5 Å². The summed E-state index contributed by atoms with van der Waals surface area (Å²) in [6.45, 7) is 0.00423. The maximum absolute atomic E-state index is 12.6. The van der Waals surface area contributed by atoms with Gasteiger partial charge in [0.05, 0.1) is 17.8 Å². The van der Waals surface area contributed by atoms with Crippen LogP contribution < -0.4 is 5.32 Å². The van der Waals surface area contributed by atoms with E-state index in [1.807, 2.05) is 55.0 Å². The van der Waals surface area contributed by atoms with Gasteiger partial charge in [0.1, 0.15) is 0 Å². The van der Waals surface area contributed by atoms with Crippen LogP contribution in [-0.4, -0.2) is 42.8 Å². The lowest BCUT2D eigenvalue weighted by Crippen LogP contribution is -2.35. The van der Waals surface area contributed by atoms with Gasteiger partial charge < -0.3 is 10.2 Å². The molecule has 0 bridgehead atoms. The minimum Gasteiger partial charge on any atom is -0.332 e. The molecule has 0 atom stereocenters. The molecule has 0 saturated heterocycles. The van der Waals surface area contributed by atoms with E-state index in [9.17, 15) is 9.59 Å². The van der Waals surface area contributed by atoms with Crippen LogP contribution in [0.5, 0.6) is 0 Å². The third kappa shape index (κ3) is 4.55. The van der Waals surface area contributed by atoms with Gasteiger partial charge in [-0.25, -0.2) is 0 Å². The number of likely N-dealkylation sites (N-methyl/N-ethyl adjacent to an activating group) is 1. The predicted molar refractivity (Wildman–Crippen MR) is 102 cm³/mol. The summed E-state index contributed by atoms with van der Waals surface area (Å²) in [6.07, 6.45) is 3.89. The first-order chi connectivity index (χ1) is 11.6. The number of anilines is 1. The van der Waals surface area contributed by atoms with Gasteiger partial charge in [0.25, 0.3) is 5.91 Å². The van der Waals surface area contributed by atoms with Crippen molar-refractivity contribution in [3.8, 4) is 0 Å². The van der Waals surface area contributed by atoms with Crippen molar-refractivity contribution in [2.45, 2.75) is 9.79 Å². The number of carbonyl (C=O) groups excluding carboxylic acids is 2. The van der Waals surface area contributed by atoms with Gasteiger partial charge in [-0.05, 0) is 36.8 Å². The van der Waals surface area contributed by atoms with Crippen molar-refractivity contribution in [1.29, 1.82) is 0 Å². The minimum absolute atomic E-state index is 0.00423. The van der Waals surface area contributed by atoms with Crippen molar-refractivity contribution in [1.82, 2.24) is 4.90 Å². The van der Waals surface area contributed by atoms with Crippen molar-refractivity contribution in [2.24, 2.45) is 0 Å². The van der Waals surface area contributed by atoms with Gasteiger partial charge in [-0.15, -0.1) is 23.5 Å². The molecule has 0 spiro atoms. The molecule has 4 nitrogen and oxygen atoms in total. The zero-order valence-electron chi connectivity index (χ0n) is 13.9. The Bertz CT molecular complexity index is 734. The van der Waals surface area contributed by atoms with E-state index < -0.39 is 0 Å². The van der Waals surface area contributed by atoms with Crippen molar-refractivity contribution in [3.05, 3.63) is 54.1 Å². The predicted octanol–water partition coefficient (Wildman–Crippen LogP) is 3.84. The number of amides is 2. The monoisotopic (exact) mass is 360 g/mol. The van der Waals surface area contributed by atoms with E-state index in [1.54, 1.807) is 24.9 Å². The number of nitrogens with one attached hydrogen (secondary N) is 1. The molecule has 1 N–H and O–H groups in total. The Hall–Kier alpha value is -1.92. The first-order valence-corrected chi connectivity index (χ1v) is 9.83. The highest BCUT2D eigenvalue weighted by molar-refractivity contribution is 7.99. The highest BCUT2D eigenvalue weighted by atomic mass is 32.2. The van der Waals surface area contributed by atoms with Crippen LogP contribution in [0.2, 0.25) is 0 Å². The van der Waals surface area contributed by atoms with Gasteiger partial charge in [-0.2, -0.15) is 0 Å². The number of carbonyl (C=O) groups is 2. The van der Waals surface area contributed by atoms with Crippen LogP contribution >= 0.6 is 23.5 Å². The van der Waals surface area contributed by atoms with Gasteiger partial charge in [0.2, 0.25) is 5.91 Å². The lowest BCUT2D eigenvalue weighted by molar-refractivity contribution is -0.116. The highest BCUT2D eigenvalue weighted by Crippen LogP contribution is 2.24. The number of benzene rings is 2. The van der Waals surface area contributed by atoms with Gasteiger partial charge in [0, 0.05) is 16.8 Å². The quantitative estimate of drug-likeness (QED) is 0.795. The van der Waals surface area contributed by atoms with E-state index in [2.05, 4.69) is 5.32 Å². The number of nitrogens with zero attached hydrogens (tertiary/aromatic N) is 1. The average Bonchev–Trinajstić information content (AvgIpc) is 2.61. The lowest BCUT2D eigenvalue weighted by atomic mass is 10.2. The summed E-state index contributed by atoms with van der Waals surface area (Å²) in [5, 5.41) is 2.87. The van der Waals surface area contributed by atoms with Gasteiger partial charge in [-0.1, -0.05) is 24.3 Å². The minimum atomic E-state index is -0.214. The molecule has 0 fully saturated rings. The molecule has 0 saturated carbocycles. The van der Waals surface area contributed by atoms with Crippen LogP contribution in [0.1, 0.15) is 10.4 Å². The van der Waals surface area contributed by atoms with Crippen molar-refractivity contribution in [3.63, 3.8) is 0 Å². The highest BCUT2D eigenvalue weighted by Gasteiger charge is 2.18. The zero-order chi connectivity index (χ0) is 17.5. The van der Waals surface area contributed by atoms with Crippen LogP contribution in [0.15, 0.2) is 58.3 Å². The molecule has 24 heavy (non-hydrogen) atoms. The fourth-order valence-corrected chi connectivity index (χ4v) is 3.40. The summed E-state index contributed by atoms with van der Waals surface area (Å²) in [5.74, 6) is -0.373. The van der Waals surface area contributed by atoms with Crippen LogP contribution in [0.4, 0.5) is 5.69 Å². The van der Waals surface area contributed by atoms with E-state index in [4.69, 9.17) is 0 Å². The first kappa shape index (κ1) is 18.4. The van der Waals surface area contributed by atoms with Crippen LogP contribution in [0.25, 0.3) is 0 Å². The molecule has 0 aromatic heterocycles. The Morgan fingerprint density at radius 1 is 0.958 bits per heavy atom. The van der Waals surface area contributed by atoms with Gasteiger partial charge in [0.15, 0.2) is 0 Å². The Kier molecular flexibility index (Phi) is 6.75. The molecule has 0 unspecified atom stereocenters. The van der Waals surface area contributed by atoms with E-state index in [0.29, 0.717) is 5.56 Å². The molecule has 0 aliphatic rings. The van der Waals surface area contributed by atoms with Crippen molar-refractivity contribution >= 4 is 41.0 Å². The third-order valence-electron chi connectivity index (χ3n) is 3.45. The summed E-state index contributed by atoms with van der Waals surface area (Å²) < 4.78 is 0. The van der Waals surface area contributed by atoms with E-state index in [1.165, 1.54) is 16.7 Å². The standard InChI is InChI=1S/C18H20N2O2S2/c1-20(18(22)13-8-4-6-10-15(13)23-2)12-17(21)19-14-9-5-7-11-16(14)24-3/h4-11H,12H2,1-3H3,(H,19,21). The number of rotatable bonds is 6. The Morgan fingerprint density at radius 3 is 2.21 bits per heavy atom. The van der Waals surface area contributed by atoms with Crippen LogP contribution in [-0.2, 0) is 4.79 Å². The molecule has 126 valence electrons. The number of thioether (sulfide) groups is 2. The topological polar surface area (TPSA) is 49.4 Å². The number of hydrogen-bond acceptors (Lipinski definition) is 4. The normalized spacial score (nSPS) is 10.3. The second-order valence-corrected chi connectivity index (χ2v) is 6.81. The Labute approximate surface area is 151 Å². The van der Waals surface area contributed by atoms with Crippen LogP contribution in [0, 0.1) is 0 Å². The Balaban J connectivity index is 2.04. The SMILES string of the molecule is CSc1ccccc1NC(=O)CN(C)C(=O)c1ccccc1SC. The molecular formula is C18H20N2O2S2. The molecule has 0 radical (unpaired) electrons. The summed E-state index contributed by atoms with van der Waals surface area (Å²) >= 11 is 3.08. The molecule has 2 aromatic rings. The van der Waals surface area contributed by atoms with Crippen LogP contribution in [0.3, 0.4) is 0 Å². The molecule has 6 heteroatoms. The number of para-hydroxylation sites is 1. The van der Waals surface area contributed by atoms with Gasteiger partial charge >= 0.3 is 0 Å². The van der Waals surface area contributed by atoms with Crippen molar-refractivity contribution < 1.29 is 9.59 Å². The summed E-state index contributed by atoms with van der Waals surface area (Å²) in [5.41, 5.74) is 1.38. The summed E-state index contributed by atoms with van der Waals surface area (Å²) in [7, 11) is 1.64. The van der Waals surface area contributed by atoms with E-state index in [-0.39, 0.29) is 18.4 Å². The van der Waals surface area contributed by atoms with Gasteiger partial charge in [-0.3, -0.25) is 9.59 Å². The molecular weight excluding hydrogens is 340 g/mol. The Morgan fingerprint density at radius 2 is 1.54 bits per heavy atom. The van der Waals surface area contributed by atoms with E-state index >= 15 is 0 Å². The second-order valence-electron chi connectivity index (χ2n) is 5.11. The molecule has 0 aliphatic heterocycles. The fourth-order valence-electron chi connectivity index (χ4n) is 2.25. The van der Waals surface area contributed by atoms with Crippen molar-refractivity contribution in [2.75, 3.05) is 31.4 Å². The lowest BCUT2D eigenvalue weighted by Gasteiger charge is -2.18. The second kappa shape index (κ2) is 8.80. The molecule has 2 rings (SSSR count). The molecule has 0 aliphatic carbocycles. The molecule has 0 heterocycles. The summed E-state index contributed by atoms with van der Waals surface area (Å²) in [4.78, 5) is 28.2. The zero-order valence-corrected chi connectivity index (χ0v) is 15.5. The third-order valence-corrected chi connectivity index (χ3v) is 5.04. The summed E-state index contributed by atoms with van der Waals surface area (Å²) in [6, 6.07) is 15.0. The number of hydrogen-bond donors (Lipinski definition) is 1. The fraction of sp³-hybridized carbons (Fsp3) is 0.222. The average molecular weight is 361 g/mol.